The summed E-state index contributed by atoms with van der Waals surface area (Å²) >= 11 is 0. The van der Waals surface area contributed by atoms with Gasteiger partial charge in [0.2, 0.25) is 0 Å². The summed E-state index contributed by atoms with van der Waals surface area (Å²) in [6, 6.07) is 5.52. The van der Waals surface area contributed by atoms with Crippen LogP contribution in [0.15, 0.2) is 24.4 Å². The Morgan fingerprint density at radius 1 is 1.47 bits per heavy atom. The van der Waals surface area contributed by atoms with Crippen LogP contribution in [0.2, 0.25) is 0 Å². The number of carbonyl (C=O) groups excluding carboxylic acids is 1. The average molecular weight is 231 g/mol. The van der Waals surface area contributed by atoms with Crippen LogP contribution in [0.3, 0.4) is 0 Å². The Bertz CT molecular complexity index is 520. The molecule has 5 nitrogen and oxygen atoms in total. The van der Waals surface area contributed by atoms with Crippen molar-refractivity contribution in [1.29, 1.82) is 0 Å². The molecule has 2 heterocycles. The van der Waals surface area contributed by atoms with Crippen LogP contribution in [0.25, 0.3) is 11.5 Å². The number of H-pyrrole nitrogens is 1. The molecule has 1 N–H and O–H groups in total. The Morgan fingerprint density at radius 2 is 2.29 bits per heavy atom. The van der Waals surface area contributed by atoms with Crippen LogP contribution in [0.1, 0.15) is 23.1 Å². The molecule has 88 valence electrons. The number of esters is 1. The lowest BCUT2D eigenvalue weighted by Gasteiger charge is -1.97. The Balaban J connectivity index is 2.34. The molecule has 17 heavy (non-hydrogen) atoms. The van der Waals surface area contributed by atoms with E-state index in [9.17, 15) is 4.79 Å². The number of hydrogen-bond acceptors (Lipinski definition) is 4. The van der Waals surface area contributed by atoms with Crippen LogP contribution >= 0.6 is 0 Å². The number of pyridine rings is 1. The van der Waals surface area contributed by atoms with Gasteiger partial charge in [0, 0.05) is 11.9 Å². The van der Waals surface area contributed by atoms with Gasteiger partial charge in [0.05, 0.1) is 6.61 Å². The van der Waals surface area contributed by atoms with Crippen LogP contribution in [0.5, 0.6) is 0 Å². The van der Waals surface area contributed by atoms with Crippen molar-refractivity contribution in [3.63, 3.8) is 0 Å². The number of aromatic amines is 1. The highest BCUT2D eigenvalue weighted by Crippen LogP contribution is 2.15. The Morgan fingerprint density at radius 3 is 2.94 bits per heavy atom. The van der Waals surface area contributed by atoms with Crippen LogP contribution < -0.4 is 0 Å². The summed E-state index contributed by atoms with van der Waals surface area (Å²) in [4.78, 5) is 23.0. The molecule has 2 aromatic heterocycles. The smallest absolute Gasteiger partial charge is 0.358 e. The van der Waals surface area contributed by atoms with E-state index in [1.165, 1.54) is 0 Å². The molecule has 0 bridgehead atoms. The van der Waals surface area contributed by atoms with E-state index in [-0.39, 0.29) is 0 Å². The van der Waals surface area contributed by atoms with Crippen LogP contribution in [-0.2, 0) is 4.74 Å². The SMILES string of the molecule is CCOC(=O)c1nc(-c2ccccn2)[nH]c1C. The van der Waals surface area contributed by atoms with Gasteiger partial charge < -0.3 is 9.72 Å². The van der Waals surface area contributed by atoms with Crippen molar-refractivity contribution >= 4 is 5.97 Å². The summed E-state index contributed by atoms with van der Waals surface area (Å²) in [5, 5.41) is 0. The highest BCUT2D eigenvalue weighted by Gasteiger charge is 2.16. The van der Waals surface area contributed by atoms with Gasteiger partial charge in [0.15, 0.2) is 11.5 Å². The van der Waals surface area contributed by atoms with E-state index in [4.69, 9.17) is 4.74 Å². The van der Waals surface area contributed by atoms with Gasteiger partial charge in [0.25, 0.3) is 0 Å². The number of carbonyl (C=O) groups is 1. The lowest BCUT2D eigenvalue weighted by atomic mass is 10.3. The van der Waals surface area contributed by atoms with Gasteiger partial charge in [-0.15, -0.1) is 0 Å². The number of aromatic nitrogens is 3. The molecule has 2 rings (SSSR count). The van der Waals surface area contributed by atoms with Gasteiger partial charge >= 0.3 is 5.97 Å². The van der Waals surface area contributed by atoms with E-state index < -0.39 is 5.97 Å². The Labute approximate surface area is 98.9 Å². The van der Waals surface area contributed by atoms with E-state index in [1.54, 1.807) is 20.0 Å². The van der Waals surface area contributed by atoms with E-state index in [0.717, 1.165) is 0 Å². The summed E-state index contributed by atoms with van der Waals surface area (Å²) in [6.45, 7) is 3.88. The Kier molecular flexibility index (Phi) is 3.18. The monoisotopic (exact) mass is 231 g/mol. The predicted molar refractivity (Wildman–Crippen MR) is 62.5 cm³/mol. The second kappa shape index (κ2) is 4.78. The fourth-order valence-electron chi connectivity index (χ4n) is 1.48. The van der Waals surface area contributed by atoms with Gasteiger partial charge in [-0.05, 0) is 26.0 Å². The maximum absolute atomic E-state index is 11.6. The van der Waals surface area contributed by atoms with Crippen LogP contribution in [-0.4, -0.2) is 27.5 Å². The number of imidazole rings is 1. The molecule has 0 radical (unpaired) electrons. The summed E-state index contributed by atoms with van der Waals surface area (Å²) in [6.07, 6.45) is 1.68. The fourth-order valence-corrected chi connectivity index (χ4v) is 1.48. The third-order valence-electron chi connectivity index (χ3n) is 2.26. The molecule has 0 aliphatic carbocycles. The van der Waals surface area contributed by atoms with Gasteiger partial charge in [-0.2, -0.15) is 0 Å². The van der Waals surface area contributed by atoms with Gasteiger partial charge in [-0.1, -0.05) is 6.07 Å². The minimum Gasteiger partial charge on any atom is -0.461 e. The quantitative estimate of drug-likeness (QED) is 0.820. The zero-order valence-corrected chi connectivity index (χ0v) is 9.73. The molecule has 0 saturated heterocycles. The number of aryl methyl sites for hydroxylation is 1. The van der Waals surface area contributed by atoms with E-state index in [1.807, 2.05) is 18.2 Å². The molecule has 5 heteroatoms. The summed E-state index contributed by atoms with van der Waals surface area (Å²) in [5.41, 5.74) is 1.70. The third-order valence-corrected chi connectivity index (χ3v) is 2.26. The standard InChI is InChI=1S/C12H13N3O2/c1-3-17-12(16)10-8(2)14-11(15-10)9-6-4-5-7-13-9/h4-7H,3H2,1-2H3,(H,14,15). The maximum Gasteiger partial charge on any atom is 0.358 e. The molecule has 2 aromatic rings. The number of rotatable bonds is 3. The zero-order valence-electron chi connectivity index (χ0n) is 9.73. The lowest BCUT2D eigenvalue weighted by molar-refractivity contribution is 0.0519. The fraction of sp³-hybridized carbons (Fsp3) is 0.250. The summed E-state index contributed by atoms with van der Waals surface area (Å²) in [7, 11) is 0. The minimum atomic E-state index is -0.413. The highest BCUT2D eigenvalue weighted by molar-refractivity contribution is 5.89. The molecule has 0 aliphatic rings. The van der Waals surface area contributed by atoms with Crippen LogP contribution in [0.4, 0.5) is 0 Å². The van der Waals surface area contributed by atoms with E-state index >= 15 is 0 Å². The van der Waals surface area contributed by atoms with Crippen molar-refractivity contribution < 1.29 is 9.53 Å². The normalized spacial score (nSPS) is 10.2. The molecule has 0 unspecified atom stereocenters. The molecule has 0 fully saturated rings. The molecule has 0 amide bonds. The second-order valence-electron chi connectivity index (χ2n) is 3.49. The summed E-state index contributed by atoms with van der Waals surface area (Å²) in [5.74, 6) is 0.162. The first-order valence-corrected chi connectivity index (χ1v) is 5.37. The van der Waals surface area contributed by atoms with Crippen LogP contribution in [0, 0.1) is 6.92 Å². The summed E-state index contributed by atoms with van der Waals surface area (Å²) < 4.78 is 4.92. The molecule has 0 aliphatic heterocycles. The first kappa shape index (κ1) is 11.3. The van der Waals surface area contributed by atoms with Crippen molar-refractivity contribution in [3.05, 3.63) is 35.8 Å². The Hall–Kier alpha value is -2.17. The molecule has 0 atom stereocenters. The lowest BCUT2D eigenvalue weighted by Crippen LogP contribution is -2.06. The van der Waals surface area contributed by atoms with Crippen molar-refractivity contribution in [1.82, 2.24) is 15.0 Å². The molecule has 0 aromatic carbocycles. The number of ether oxygens (including phenoxy) is 1. The number of nitrogens with one attached hydrogen (secondary N) is 1. The van der Waals surface area contributed by atoms with E-state index in [0.29, 0.717) is 29.5 Å². The van der Waals surface area contributed by atoms with Crippen molar-refractivity contribution in [2.45, 2.75) is 13.8 Å². The second-order valence-corrected chi connectivity index (χ2v) is 3.49. The van der Waals surface area contributed by atoms with Gasteiger partial charge in [0.1, 0.15) is 5.69 Å². The molecule has 0 spiro atoms. The van der Waals surface area contributed by atoms with E-state index in [2.05, 4.69) is 15.0 Å². The topological polar surface area (TPSA) is 67.9 Å². The van der Waals surface area contributed by atoms with Gasteiger partial charge in [-0.25, -0.2) is 9.78 Å². The maximum atomic E-state index is 11.6. The number of hydrogen-bond donors (Lipinski definition) is 1. The molecular weight excluding hydrogens is 218 g/mol. The van der Waals surface area contributed by atoms with Crippen molar-refractivity contribution in [2.24, 2.45) is 0 Å². The largest absolute Gasteiger partial charge is 0.461 e. The first-order chi connectivity index (χ1) is 8.22. The third kappa shape index (κ3) is 2.33. The van der Waals surface area contributed by atoms with Gasteiger partial charge in [-0.3, -0.25) is 4.98 Å². The molecule has 0 saturated carbocycles. The zero-order chi connectivity index (χ0) is 12.3. The minimum absolute atomic E-state index is 0.313. The van der Waals surface area contributed by atoms with Crippen molar-refractivity contribution in [3.8, 4) is 11.5 Å². The van der Waals surface area contributed by atoms with Crippen molar-refractivity contribution in [2.75, 3.05) is 6.61 Å². The average Bonchev–Trinajstić information content (AvgIpc) is 2.73. The molecular formula is C12H13N3O2. The predicted octanol–water partition coefficient (Wildman–Crippen LogP) is 1.96. The highest BCUT2D eigenvalue weighted by atomic mass is 16.5. The first-order valence-electron chi connectivity index (χ1n) is 5.37. The number of nitrogens with zero attached hydrogens (tertiary/aromatic N) is 2.